The first kappa shape index (κ1) is 13.9. The molecule has 0 aromatic heterocycles. The maximum absolute atomic E-state index is 11.3. The van der Waals surface area contributed by atoms with E-state index < -0.39 is 5.60 Å². The van der Waals surface area contributed by atoms with Crippen molar-refractivity contribution in [2.24, 2.45) is 5.92 Å². The molecular weight excluding hydrogens is 270 g/mol. The van der Waals surface area contributed by atoms with Crippen molar-refractivity contribution in [3.63, 3.8) is 0 Å². The highest BCUT2D eigenvalue weighted by atomic mass is 32.2. The Labute approximate surface area is 126 Å². The lowest BCUT2D eigenvalue weighted by Crippen LogP contribution is -2.56. The third-order valence-electron chi connectivity index (χ3n) is 6.19. The summed E-state index contributed by atoms with van der Waals surface area (Å²) < 4.78 is 6.20. The van der Waals surface area contributed by atoms with E-state index in [1.807, 2.05) is 0 Å². The summed E-state index contributed by atoms with van der Waals surface area (Å²) in [5.41, 5.74) is -0.313. The zero-order valence-electron chi connectivity index (χ0n) is 12.3. The monoisotopic (exact) mass is 297 g/mol. The van der Waals surface area contributed by atoms with Gasteiger partial charge in [0.1, 0.15) is 0 Å². The summed E-state index contributed by atoms with van der Waals surface area (Å²) >= 11 is 2.06. The Morgan fingerprint density at radius 3 is 2.40 bits per heavy atom. The number of aliphatic hydroxyl groups is 1. The van der Waals surface area contributed by atoms with Gasteiger partial charge in [0.2, 0.25) is 0 Å². The van der Waals surface area contributed by atoms with Crippen molar-refractivity contribution in [2.75, 3.05) is 18.1 Å². The van der Waals surface area contributed by atoms with Crippen LogP contribution >= 0.6 is 11.8 Å². The number of rotatable bonds is 1. The van der Waals surface area contributed by atoms with Gasteiger partial charge in [-0.25, -0.2) is 0 Å². The van der Waals surface area contributed by atoms with Crippen LogP contribution < -0.4 is 5.32 Å². The molecule has 4 heteroatoms. The van der Waals surface area contributed by atoms with Crippen LogP contribution in [0.25, 0.3) is 0 Å². The largest absolute Gasteiger partial charge is 0.389 e. The molecule has 3 nitrogen and oxygen atoms in total. The summed E-state index contributed by atoms with van der Waals surface area (Å²) in [7, 11) is 0. The number of nitrogens with one attached hydrogen (secondary N) is 1. The van der Waals surface area contributed by atoms with E-state index in [2.05, 4.69) is 17.1 Å². The van der Waals surface area contributed by atoms with Crippen LogP contribution in [-0.4, -0.2) is 46.5 Å². The highest BCUT2D eigenvalue weighted by molar-refractivity contribution is 7.99. The maximum Gasteiger partial charge on any atom is 0.0707 e. The standard InChI is InChI=1S/C16H27NO2S/c18-16(10-13-1-2-14(11-16)17-13)12-3-6-19-15(9-12)4-7-20-8-5-15/h12-14,17-18H,1-11H2. The van der Waals surface area contributed by atoms with Crippen LogP contribution in [0.1, 0.15) is 51.4 Å². The molecule has 20 heavy (non-hydrogen) atoms. The first-order chi connectivity index (χ1) is 9.68. The minimum Gasteiger partial charge on any atom is -0.389 e. The molecule has 4 saturated heterocycles. The van der Waals surface area contributed by atoms with Crippen LogP contribution in [0.2, 0.25) is 0 Å². The Balaban J connectivity index is 1.50. The summed E-state index contributed by atoms with van der Waals surface area (Å²) in [5.74, 6) is 2.93. The van der Waals surface area contributed by atoms with Crippen LogP contribution in [-0.2, 0) is 4.74 Å². The van der Waals surface area contributed by atoms with Gasteiger partial charge in [-0.15, -0.1) is 0 Å². The molecule has 4 rings (SSSR count). The molecule has 0 aromatic carbocycles. The van der Waals surface area contributed by atoms with E-state index in [0.29, 0.717) is 18.0 Å². The molecule has 2 bridgehead atoms. The van der Waals surface area contributed by atoms with E-state index in [-0.39, 0.29) is 5.60 Å². The van der Waals surface area contributed by atoms with Gasteiger partial charge in [-0.05, 0) is 68.8 Å². The van der Waals surface area contributed by atoms with E-state index in [9.17, 15) is 5.11 Å². The molecule has 0 aliphatic carbocycles. The van der Waals surface area contributed by atoms with Crippen molar-refractivity contribution in [1.82, 2.24) is 5.32 Å². The normalized spacial score (nSPS) is 47.5. The lowest BCUT2D eigenvalue weighted by molar-refractivity contribution is -0.156. The number of thioether (sulfide) groups is 1. The first-order valence-corrected chi connectivity index (χ1v) is 9.53. The summed E-state index contributed by atoms with van der Waals surface area (Å²) in [6, 6.07) is 1.14. The molecule has 4 heterocycles. The first-order valence-electron chi connectivity index (χ1n) is 8.38. The van der Waals surface area contributed by atoms with E-state index in [1.165, 1.54) is 37.2 Å². The number of hydrogen-bond acceptors (Lipinski definition) is 4. The predicted octanol–water partition coefficient (Wildman–Crippen LogP) is 2.32. The third kappa shape index (κ3) is 2.43. The Bertz CT molecular complexity index is 352. The second-order valence-corrected chi connectivity index (χ2v) is 8.71. The van der Waals surface area contributed by atoms with Crippen LogP contribution in [0.15, 0.2) is 0 Å². The molecule has 0 aromatic rings. The topological polar surface area (TPSA) is 41.5 Å². The molecule has 0 radical (unpaired) electrons. The zero-order chi connectivity index (χ0) is 13.6. The van der Waals surface area contributed by atoms with Gasteiger partial charge in [0.05, 0.1) is 11.2 Å². The zero-order valence-corrected chi connectivity index (χ0v) is 13.1. The Kier molecular flexibility index (Phi) is 3.57. The summed E-state index contributed by atoms with van der Waals surface area (Å²) in [6.45, 7) is 0.862. The lowest BCUT2D eigenvalue weighted by Gasteiger charge is -2.50. The number of fused-ring (bicyclic) bond motifs is 2. The SMILES string of the molecule is OC1(C2CCOC3(CCSCC3)C2)CC2CCC(C1)N2. The second-order valence-electron chi connectivity index (χ2n) is 7.48. The second kappa shape index (κ2) is 5.15. The van der Waals surface area contributed by atoms with E-state index in [1.54, 1.807) is 0 Å². The molecule has 0 amide bonds. The van der Waals surface area contributed by atoms with Crippen LogP contribution in [0, 0.1) is 5.92 Å². The van der Waals surface area contributed by atoms with E-state index >= 15 is 0 Å². The van der Waals surface area contributed by atoms with Gasteiger partial charge in [-0.2, -0.15) is 11.8 Å². The maximum atomic E-state index is 11.3. The minimum absolute atomic E-state index is 0.105. The Morgan fingerprint density at radius 2 is 1.70 bits per heavy atom. The molecule has 3 unspecified atom stereocenters. The Morgan fingerprint density at radius 1 is 1.00 bits per heavy atom. The van der Waals surface area contributed by atoms with Gasteiger partial charge in [-0.1, -0.05) is 0 Å². The molecule has 3 atom stereocenters. The minimum atomic E-state index is -0.418. The van der Waals surface area contributed by atoms with Crippen molar-refractivity contribution >= 4 is 11.8 Å². The third-order valence-corrected chi connectivity index (χ3v) is 7.18. The molecule has 2 N–H and O–H groups in total. The number of hydrogen-bond donors (Lipinski definition) is 2. The fourth-order valence-corrected chi connectivity index (χ4v) is 6.31. The van der Waals surface area contributed by atoms with Gasteiger partial charge in [-0.3, -0.25) is 0 Å². The molecule has 4 aliphatic rings. The number of piperidine rings is 1. The van der Waals surface area contributed by atoms with E-state index in [4.69, 9.17) is 4.74 Å². The summed E-state index contributed by atoms with van der Waals surface area (Å²) in [6.07, 6.45) is 9.01. The summed E-state index contributed by atoms with van der Waals surface area (Å²) in [4.78, 5) is 0. The molecule has 4 aliphatic heterocycles. The van der Waals surface area contributed by atoms with Gasteiger partial charge in [0, 0.05) is 18.7 Å². The highest BCUT2D eigenvalue weighted by Gasteiger charge is 2.51. The fourth-order valence-electron chi connectivity index (χ4n) is 5.07. The quantitative estimate of drug-likeness (QED) is 0.779. The van der Waals surface area contributed by atoms with Gasteiger partial charge in [0.15, 0.2) is 0 Å². The molecular formula is C16H27NO2S. The van der Waals surface area contributed by atoms with Gasteiger partial charge >= 0.3 is 0 Å². The van der Waals surface area contributed by atoms with Crippen molar-refractivity contribution < 1.29 is 9.84 Å². The molecule has 114 valence electrons. The van der Waals surface area contributed by atoms with E-state index in [0.717, 1.165) is 32.3 Å². The smallest absolute Gasteiger partial charge is 0.0707 e. The van der Waals surface area contributed by atoms with Crippen molar-refractivity contribution in [3.05, 3.63) is 0 Å². The highest BCUT2D eigenvalue weighted by Crippen LogP contribution is 2.47. The fraction of sp³-hybridized carbons (Fsp3) is 1.00. The average Bonchev–Trinajstić information content (AvgIpc) is 2.79. The number of ether oxygens (including phenoxy) is 1. The van der Waals surface area contributed by atoms with Gasteiger partial charge < -0.3 is 15.2 Å². The Hall–Kier alpha value is 0.230. The lowest BCUT2D eigenvalue weighted by atomic mass is 9.69. The molecule has 0 saturated carbocycles. The van der Waals surface area contributed by atoms with Crippen molar-refractivity contribution in [1.29, 1.82) is 0 Å². The van der Waals surface area contributed by atoms with Crippen molar-refractivity contribution in [2.45, 2.75) is 74.7 Å². The predicted molar refractivity (Wildman–Crippen MR) is 82.1 cm³/mol. The molecule has 4 fully saturated rings. The van der Waals surface area contributed by atoms with Crippen molar-refractivity contribution in [3.8, 4) is 0 Å². The van der Waals surface area contributed by atoms with Crippen LogP contribution in [0.4, 0.5) is 0 Å². The average molecular weight is 297 g/mol. The molecule has 1 spiro atoms. The van der Waals surface area contributed by atoms with Crippen LogP contribution in [0.5, 0.6) is 0 Å². The summed E-state index contributed by atoms with van der Waals surface area (Å²) in [5, 5.41) is 15.0. The van der Waals surface area contributed by atoms with Gasteiger partial charge in [0.25, 0.3) is 0 Å². The van der Waals surface area contributed by atoms with Crippen LogP contribution in [0.3, 0.4) is 0 Å².